The Hall–Kier alpha value is -4.07. The number of ether oxygens (including phenoxy) is 2. The van der Waals surface area contributed by atoms with Gasteiger partial charge in [-0.25, -0.2) is 4.79 Å². The van der Waals surface area contributed by atoms with E-state index < -0.39 is 17.9 Å². The van der Waals surface area contributed by atoms with E-state index in [0.29, 0.717) is 39.2 Å². The number of aromatic nitrogens is 1. The first kappa shape index (κ1) is 29.9. The number of carbonyl (C=O) groups is 2. The number of methoxy groups -OCH3 is 1. The van der Waals surface area contributed by atoms with Gasteiger partial charge in [0.2, 0.25) is 5.91 Å². The summed E-state index contributed by atoms with van der Waals surface area (Å²) < 4.78 is 16.6. The van der Waals surface area contributed by atoms with Crippen molar-refractivity contribution in [3.8, 4) is 17.0 Å². The maximum atomic E-state index is 12.6. The van der Waals surface area contributed by atoms with Gasteiger partial charge in [0.25, 0.3) is 0 Å². The van der Waals surface area contributed by atoms with Crippen molar-refractivity contribution in [3.05, 3.63) is 111 Å². The van der Waals surface area contributed by atoms with Gasteiger partial charge in [0.1, 0.15) is 29.9 Å². The van der Waals surface area contributed by atoms with Gasteiger partial charge in [0.05, 0.1) is 22.7 Å². The molecule has 1 atom stereocenters. The molecule has 0 spiro atoms. The highest BCUT2D eigenvalue weighted by Gasteiger charge is 2.24. The van der Waals surface area contributed by atoms with Gasteiger partial charge in [-0.1, -0.05) is 90.7 Å². The quantitative estimate of drug-likeness (QED) is 0.145. The molecule has 9 heteroatoms. The summed E-state index contributed by atoms with van der Waals surface area (Å²) in [7, 11) is 1.30. The normalized spacial score (nSPS) is 12.0. The van der Waals surface area contributed by atoms with Crippen molar-refractivity contribution >= 4 is 41.2 Å². The lowest BCUT2D eigenvalue weighted by Gasteiger charge is -2.15. The predicted molar refractivity (Wildman–Crippen MR) is 160 cm³/mol. The summed E-state index contributed by atoms with van der Waals surface area (Å²) in [5.41, 5.74) is 3.61. The average Bonchev–Trinajstić information content (AvgIpc) is 3.39. The summed E-state index contributed by atoms with van der Waals surface area (Å²) in [6.07, 6.45) is 3.36. The van der Waals surface area contributed by atoms with E-state index in [1.54, 1.807) is 36.4 Å². The van der Waals surface area contributed by atoms with E-state index in [0.717, 1.165) is 16.7 Å². The Morgan fingerprint density at radius 1 is 0.976 bits per heavy atom. The van der Waals surface area contributed by atoms with Gasteiger partial charge < -0.3 is 19.3 Å². The first-order valence-corrected chi connectivity index (χ1v) is 13.8. The van der Waals surface area contributed by atoms with Crippen LogP contribution in [0.15, 0.2) is 83.4 Å². The third-order valence-corrected chi connectivity index (χ3v) is 6.95. The van der Waals surface area contributed by atoms with Crippen molar-refractivity contribution in [1.29, 1.82) is 0 Å². The summed E-state index contributed by atoms with van der Waals surface area (Å²) in [5, 5.41) is 7.92. The number of benzene rings is 3. The Bertz CT molecular complexity index is 1490. The second kappa shape index (κ2) is 14.0. The van der Waals surface area contributed by atoms with E-state index in [4.69, 9.17) is 37.2 Å². The van der Waals surface area contributed by atoms with Crippen molar-refractivity contribution in [2.45, 2.75) is 38.8 Å². The van der Waals surface area contributed by atoms with Crippen LogP contribution in [0.25, 0.3) is 17.3 Å². The largest absolute Gasteiger partial charge is 0.489 e. The molecule has 1 amide bonds. The van der Waals surface area contributed by atoms with E-state index in [2.05, 4.69) is 10.5 Å². The number of hydrogen-bond acceptors (Lipinski definition) is 6. The van der Waals surface area contributed by atoms with Crippen LogP contribution in [0.5, 0.6) is 5.75 Å². The molecule has 4 rings (SSSR count). The molecule has 3 aromatic carbocycles. The lowest BCUT2D eigenvalue weighted by molar-refractivity contribution is -0.144. The van der Waals surface area contributed by atoms with Crippen molar-refractivity contribution in [2.24, 2.45) is 0 Å². The molecule has 0 aliphatic rings. The second-order valence-corrected chi connectivity index (χ2v) is 10.4. The van der Waals surface area contributed by atoms with Crippen molar-refractivity contribution in [3.63, 3.8) is 0 Å². The van der Waals surface area contributed by atoms with Gasteiger partial charge in [-0.3, -0.25) is 4.79 Å². The molecule has 41 heavy (non-hydrogen) atoms. The molecule has 0 saturated heterocycles. The molecule has 7 nitrogen and oxygen atoms in total. The minimum atomic E-state index is -0.797. The van der Waals surface area contributed by atoms with E-state index >= 15 is 0 Å². The highest BCUT2D eigenvalue weighted by molar-refractivity contribution is 6.39. The van der Waals surface area contributed by atoms with Gasteiger partial charge in [0.15, 0.2) is 0 Å². The maximum Gasteiger partial charge on any atom is 0.328 e. The molecule has 1 aromatic heterocycles. The average molecular weight is 594 g/mol. The standard InChI is InChI=1S/C32H30Cl2N2O5/c1-20(2)31-24(30(36-41-31)29-25(33)10-7-11-26(29)34)19-40-23-15-12-21(13-16-23)14-17-28(37)35-27(32(38)39-3)18-22-8-5-4-6-9-22/h4-17,20,27H,18-19H2,1-3H3,(H,35,37)/b17-14+/t27-/m0/s1. The Kier molecular flexibility index (Phi) is 10.2. The first-order valence-electron chi connectivity index (χ1n) is 13.0. The van der Waals surface area contributed by atoms with Gasteiger partial charge in [0, 0.05) is 24.0 Å². The lowest BCUT2D eigenvalue weighted by Crippen LogP contribution is -2.42. The zero-order valence-electron chi connectivity index (χ0n) is 22.9. The highest BCUT2D eigenvalue weighted by Crippen LogP contribution is 2.38. The second-order valence-electron chi connectivity index (χ2n) is 9.59. The van der Waals surface area contributed by atoms with Crippen LogP contribution in [0.4, 0.5) is 0 Å². The molecule has 0 unspecified atom stereocenters. The minimum Gasteiger partial charge on any atom is -0.489 e. The molecule has 212 valence electrons. The van der Waals surface area contributed by atoms with Gasteiger partial charge in [-0.05, 0) is 41.5 Å². The number of nitrogens with zero attached hydrogens (tertiary/aromatic N) is 1. The number of esters is 1. The zero-order valence-corrected chi connectivity index (χ0v) is 24.4. The van der Waals surface area contributed by atoms with Crippen LogP contribution in [0, 0.1) is 0 Å². The number of carbonyl (C=O) groups excluding carboxylic acids is 2. The molecule has 1 heterocycles. The molecule has 4 aromatic rings. The van der Waals surface area contributed by atoms with Gasteiger partial charge >= 0.3 is 5.97 Å². The summed E-state index contributed by atoms with van der Waals surface area (Å²) in [6.45, 7) is 4.21. The van der Waals surface area contributed by atoms with Crippen LogP contribution in [-0.2, 0) is 27.4 Å². The monoisotopic (exact) mass is 592 g/mol. The van der Waals surface area contributed by atoms with Crippen LogP contribution in [0.1, 0.15) is 42.2 Å². The van der Waals surface area contributed by atoms with Crippen molar-refractivity contribution in [2.75, 3.05) is 7.11 Å². The molecule has 0 fully saturated rings. The van der Waals surface area contributed by atoms with Crippen LogP contribution in [0.2, 0.25) is 10.0 Å². The summed E-state index contributed by atoms with van der Waals surface area (Å²) in [5.74, 6) is 0.467. The third kappa shape index (κ3) is 7.78. The van der Waals surface area contributed by atoms with E-state index in [9.17, 15) is 9.59 Å². The maximum absolute atomic E-state index is 12.6. The fourth-order valence-corrected chi connectivity index (χ4v) is 4.82. The number of rotatable bonds is 11. The van der Waals surface area contributed by atoms with E-state index in [1.807, 2.05) is 56.3 Å². The molecule has 0 saturated carbocycles. The predicted octanol–water partition coefficient (Wildman–Crippen LogP) is 7.26. The van der Waals surface area contributed by atoms with Crippen LogP contribution >= 0.6 is 23.2 Å². The molecule has 0 aliphatic carbocycles. The van der Waals surface area contributed by atoms with E-state index in [1.165, 1.54) is 13.2 Å². The Labute approximate surface area is 249 Å². The van der Waals surface area contributed by atoms with Crippen molar-refractivity contribution in [1.82, 2.24) is 10.5 Å². The Morgan fingerprint density at radius 3 is 2.29 bits per heavy atom. The molecule has 0 bridgehead atoms. The van der Waals surface area contributed by atoms with Crippen LogP contribution in [0.3, 0.4) is 0 Å². The van der Waals surface area contributed by atoms with Gasteiger partial charge in [-0.2, -0.15) is 0 Å². The lowest BCUT2D eigenvalue weighted by atomic mass is 10.0. The smallest absolute Gasteiger partial charge is 0.328 e. The molecule has 0 aliphatic heterocycles. The Morgan fingerprint density at radius 2 is 1.66 bits per heavy atom. The first-order chi connectivity index (χ1) is 19.8. The third-order valence-electron chi connectivity index (χ3n) is 6.32. The number of halogens is 2. The summed E-state index contributed by atoms with van der Waals surface area (Å²) >= 11 is 12.9. The van der Waals surface area contributed by atoms with Crippen LogP contribution in [-0.4, -0.2) is 30.2 Å². The van der Waals surface area contributed by atoms with Crippen LogP contribution < -0.4 is 10.1 Å². The zero-order chi connectivity index (χ0) is 29.4. The SMILES string of the molecule is COC(=O)[C@H](Cc1ccccc1)NC(=O)/C=C/c1ccc(OCc2c(-c3c(Cl)cccc3Cl)noc2C(C)C)cc1. The number of nitrogens with one attached hydrogen (secondary N) is 1. The van der Waals surface area contributed by atoms with Gasteiger partial charge in [-0.15, -0.1) is 0 Å². The summed E-state index contributed by atoms with van der Waals surface area (Å²) in [4.78, 5) is 24.8. The molecule has 0 radical (unpaired) electrons. The topological polar surface area (TPSA) is 90.7 Å². The van der Waals surface area contributed by atoms with Crippen molar-refractivity contribution < 1.29 is 23.6 Å². The minimum absolute atomic E-state index is 0.0706. The molecule has 1 N–H and O–H groups in total. The Balaban J connectivity index is 1.41. The number of hydrogen-bond donors (Lipinski definition) is 1. The number of amides is 1. The van der Waals surface area contributed by atoms with E-state index in [-0.39, 0.29) is 12.5 Å². The fraction of sp³-hybridized carbons (Fsp3) is 0.219. The highest BCUT2D eigenvalue weighted by atomic mass is 35.5. The summed E-state index contributed by atoms with van der Waals surface area (Å²) in [6, 6.07) is 21.2. The fourth-order valence-electron chi connectivity index (χ4n) is 4.24. The molecular formula is C32H30Cl2N2O5. The molecular weight excluding hydrogens is 563 g/mol.